The van der Waals surface area contributed by atoms with E-state index >= 15 is 0 Å². The van der Waals surface area contributed by atoms with Crippen LogP contribution in [0.2, 0.25) is 0 Å². The van der Waals surface area contributed by atoms with Gasteiger partial charge >= 0.3 is 0 Å². The Balaban J connectivity index is 1.24. The van der Waals surface area contributed by atoms with Gasteiger partial charge in [-0.3, -0.25) is 14.9 Å². The van der Waals surface area contributed by atoms with Crippen LogP contribution in [0.15, 0.2) is 73.2 Å². The van der Waals surface area contributed by atoms with Crippen molar-refractivity contribution in [3.63, 3.8) is 0 Å². The topological polar surface area (TPSA) is 50.3 Å². The number of hydrogen-bond acceptors (Lipinski definition) is 5. The van der Waals surface area contributed by atoms with Crippen LogP contribution in [0.3, 0.4) is 0 Å². The van der Waals surface area contributed by atoms with Crippen molar-refractivity contribution in [2.24, 2.45) is 0 Å². The van der Waals surface area contributed by atoms with E-state index < -0.39 is 0 Å². The van der Waals surface area contributed by atoms with Gasteiger partial charge in [0.15, 0.2) is 0 Å². The van der Waals surface area contributed by atoms with Crippen LogP contribution >= 0.6 is 0 Å². The zero-order valence-electron chi connectivity index (χ0n) is 16.7. The Morgan fingerprint density at radius 2 is 1.83 bits per heavy atom. The van der Waals surface area contributed by atoms with E-state index in [4.69, 9.17) is 4.74 Å². The quantitative estimate of drug-likeness (QED) is 0.636. The van der Waals surface area contributed by atoms with Crippen molar-refractivity contribution in [3.8, 4) is 5.75 Å². The highest BCUT2D eigenvalue weighted by Gasteiger charge is 2.19. The number of aromatic nitrogens is 2. The molecular formula is C24H28N4O. The van der Waals surface area contributed by atoms with Crippen molar-refractivity contribution in [2.75, 3.05) is 13.1 Å². The van der Waals surface area contributed by atoms with E-state index in [0.717, 1.165) is 56.0 Å². The SMILES string of the molecule is c1ccc(CN2CCC(NCc3ccccc3OCc3cccnc3)CC2)nc1. The second-order valence-electron chi connectivity index (χ2n) is 7.51. The lowest BCUT2D eigenvalue weighted by atomic mass is 10.0. The second kappa shape index (κ2) is 10.1. The molecule has 5 heteroatoms. The fourth-order valence-corrected chi connectivity index (χ4v) is 3.71. The normalized spacial score (nSPS) is 15.3. The number of nitrogens with one attached hydrogen (secondary N) is 1. The molecule has 0 atom stereocenters. The average Bonchev–Trinajstić information content (AvgIpc) is 2.79. The molecule has 0 spiro atoms. The molecule has 0 amide bonds. The maximum absolute atomic E-state index is 6.05. The van der Waals surface area contributed by atoms with E-state index in [1.165, 1.54) is 5.56 Å². The summed E-state index contributed by atoms with van der Waals surface area (Å²) in [6.07, 6.45) is 7.82. The fourth-order valence-electron chi connectivity index (χ4n) is 3.71. The third-order valence-electron chi connectivity index (χ3n) is 5.37. The van der Waals surface area contributed by atoms with E-state index in [2.05, 4.69) is 44.5 Å². The second-order valence-corrected chi connectivity index (χ2v) is 7.51. The summed E-state index contributed by atoms with van der Waals surface area (Å²) in [4.78, 5) is 11.1. The zero-order chi connectivity index (χ0) is 19.7. The third-order valence-corrected chi connectivity index (χ3v) is 5.37. The van der Waals surface area contributed by atoms with Gasteiger partial charge in [0.2, 0.25) is 0 Å². The van der Waals surface area contributed by atoms with Gasteiger partial charge in [-0.15, -0.1) is 0 Å². The molecule has 1 aromatic carbocycles. The number of piperidine rings is 1. The Kier molecular flexibility index (Phi) is 6.84. The average molecular weight is 389 g/mol. The molecule has 1 N–H and O–H groups in total. The molecule has 3 aromatic rings. The number of benzene rings is 1. The van der Waals surface area contributed by atoms with E-state index in [1.54, 1.807) is 6.20 Å². The molecule has 29 heavy (non-hydrogen) atoms. The van der Waals surface area contributed by atoms with Crippen molar-refractivity contribution >= 4 is 0 Å². The Labute approximate surface area is 172 Å². The molecule has 0 saturated carbocycles. The van der Waals surface area contributed by atoms with Crippen molar-refractivity contribution in [1.29, 1.82) is 0 Å². The minimum absolute atomic E-state index is 0.538. The summed E-state index contributed by atoms with van der Waals surface area (Å²) in [5.41, 5.74) is 3.43. The molecule has 2 aromatic heterocycles. The van der Waals surface area contributed by atoms with Crippen LogP contribution in [0.4, 0.5) is 0 Å². The molecule has 1 fully saturated rings. The summed E-state index contributed by atoms with van der Waals surface area (Å²) in [6.45, 7) is 4.52. The Hall–Kier alpha value is -2.76. The van der Waals surface area contributed by atoms with Gasteiger partial charge in [0.25, 0.3) is 0 Å². The van der Waals surface area contributed by atoms with Crippen LogP contribution in [0, 0.1) is 0 Å². The lowest BCUT2D eigenvalue weighted by molar-refractivity contribution is 0.188. The standard InChI is InChI=1S/C24H28N4O/c1-2-9-24(29-19-20-6-5-12-25-16-20)21(7-1)17-27-22-10-14-28(15-11-22)18-23-8-3-4-13-26-23/h1-9,12-13,16,22,27H,10-11,14-15,17-19H2. The zero-order valence-corrected chi connectivity index (χ0v) is 16.7. The molecule has 1 saturated heterocycles. The lowest BCUT2D eigenvalue weighted by Gasteiger charge is -2.32. The van der Waals surface area contributed by atoms with Gasteiger partial charge in [0.1, 0.15) is 12.4 Å². The van der Waals surface area contributed by atoms with Crippen molar-refractivity contribution < 1.29 is 4.74 Å². The first-order valence-electron chi connectivity index (χ1n) is 10.3. The number of ether oxygens (including phenoxy) is 1. The predicted octanol–water partition coefficient (Wildman–Crippen LogP) is 3.81. The molecule has 5 nitrogen and oxygen atoms in total. The highest BCUT2D eigenvalue weighted by Crippen LogP contribution is 2.20. The first kappa shape index (κ1) is 19.6. The lowest BCUT2D eigenvalue weighted by Crippen LogP contribution is -2.42. The number of para-hydroxylation sites is 1. The van der Waals surface area contributed by atoms with E-state index in [0.29, 0.717) is 12.6 Å². The predicted molar refractivity (Wildman–Crippen MR) is 114 cm³/mol. The summed E-state index contributed by atoms with van der Waals surface area (Å²) in [5, 5.41) is 3.73. The highest BCUT2D eigenvalue weighted by atomic mass is 16.5. The van der Waals surface area contributed by atoms with Crippen LogP contribution < -0.4 is 10.1 Å². The molecular weight excluding hydrogens is 360 g/mol. The van der Waals surface area contributed by atoms with Crippen molar-refractivity contribution in [3.05, 3.63) is 90.0 Å². The molecule has 1 aliphatic rings. The van der Waals surface area contributed by atoms with Gasteiger partial charge in [0, 0.05) is 61.9 Å². The smallest absolute Gasteiger partial charge is 0.124 e. The minimum Gasteiger partial charge on any atom is -0.489 e. The van der Waals surface area contributed by atoms with Gasteiger partial charge < -0.3 is 10.1 Å². The monoisotopic (exact) mass is 388 g/mol. The molecule has 0 unspecified atom stereocenters. The maximum atomic E-state index is 6.05. The summed E-state index contributed by atoms with van der Waals surface area (Å²) < 4.78 is 6.05. The third kappa shape index (κ3) is 5.86. The van der Waals surface area contributed by atoms with Crippen LogP contribution in [-0.2, 0) is 19.7 Å². The molecule has 4 rings (SSSR count). The van der Waals surface area contributed by atoms with E-state index in [1.807, 2.05) is 42.7 Å². The molecule has 150 valence electrons. The first-order valence-corrected chi connectivity index (χ1v) is 10.3. The van der Waals surface area contributed by atoms with Crippen molar-refractivity contribution in [2.45, 2.75) is 38.6 Å². The Morgan fingerprint density at radius 3 is 2.62 bits per heavy atom. The van der Waals surface area contributed by atoms with Crippen LogP contribution in [0.1, 0.15) is 29.7 Å². The molecule has 3 heterocycles. The number of likely N-dealkylation sites (tertiary alicyclic amines) is 1. The maximum Gasteiger partial charge on any atom is 0.124 e. The Bertz CT molecular complexity index is 864. The summed E-state index contributed by atoms with van der Waals surface area (Å²) in [6, 6.07) is 18.9. The molecule has 0 bridgehead atoms. The van der Waals surface area contributed by atoms with Gasteiger partial charge in [-0.05, 0) is 37.1 Å². The molecule has 1 aliphatic heterocycles. The summed E-state index contributed by atoms with van der Waals surface area (Å²) in [7, 11) is 0. The van der Waals surface area contributed by atoms with E-state index in [9.17, 15) is 0 Å². The molecule has 0 aliphatic carbocycles. The number of hydrogen-bond donors (Lipinski definition) is 1. The van der Waals surface area contributed by atoms with Gasteiger partial charge in [-0.1, -0.05) is 30.3 Å². The van der Waals surface area contributed by atoms with Crippen molar-refractivity contribution in [1.82, 2.24) is 20.2 Å². The number of nitrogens with zero attached hydrogens (tertiary/aromatic N) is 3. The van der Waals surface area contributed by atoms with Crippen LogP contribution in [0.25, 0.3) is 0 Å². The van der Waals surface area contributed by atoms with E-state index in [-0.39, 0.29) is 0 Å². The summed E-state index contributed by atoms with van der Waals surface area (Å²) in [5.74, 6) is 0.941. The Morgan fingerprint density at radius 1 is 0.966 bits per heavy atom. The molecule has 0 radical (unpaired) electrons. The van der Waals surface area contributed by atoms with Crippen LogP contribution in [-0.4, -0.2) is 34.0 Å². The van der Waals surface area contributed by atoms with Crippen LogP contribution in [0.5, 0.6) is 5.75 Å². The largest absolute Gasteiger partial charge is 0.489 e. The number of rotatable bonds is 8. The highest BCUT2D eigenvalue weighted by molar-refractivity contribution is 5.33. The van der Waals surface area contributed by atoms with Gasteiger partial charge in [0.05, 0.1) is 5.69 Å². The summed E-state index contributed by atoms with van der Waals surface area (Å²) >= 11 is 0. The van der Waals surface area contributed by atoms with Gasteiger partial charge in [-0.2, -0.15) is 0 Å². The first-order chi connectivity index (χ1) is 14.4. The van der Waals surface area contributed by atoms with Gasteiger partial charge in [-0.25, -0.2) is 0 Å². The minimum atomic E-state index is 0.538. The number of pyridine rings is 2. The fraction of sp³-hybridized carbons (Fsp3) is 0.333.